The number of hydrogen-bond donors (Lipinski definition) is 1. The molecule has 0 bridgehead atoms. The SMILES string of the molecule is COCCCNC(=O)c1coc(CN(CCCOC)C(C)=O)n1. The van der Waals surface area contributed by atoms with E-state index in [-0.39, 0.29) is 24.1 Å². The van der Waals surface area contributed by atoms with Gasteiger partial charge in [0.15, 0.2) is 5.69 Å². The third kappa shape index (κ3) is 7.25. The Balaban J connectivity index is 2.49. The van der Waals surface area contributed by atoms with Crippen molar-refractivity contribution in [3.63, 3.8) is 0 Å². The Bertz CT molecular complexity index is 489. The van der Waals surface area contributed by atoms with Crippen LogP contribution in [-0.4, -0.2) is 62.2 Å². The molecule has 0 fully saturated rings. The second-order valence-electron chi connectivity index (χ2n) is 5.02. The third-order valence-electron chi connectivity index (χ3n) is 3.14. The molecule has 0 atom stereocenters. The number of nitrogens with one attached hydrogen (secondary N) is 1. The van der Waals surface area contributed by atoms with Crippen LogP contribution >= 0.6 is 0 Å². The Labute approximate surface area is 136 Å². The van der Waals surface area contributed by atoms with Crippen LogP contribution in [0.5, 0.6) is 0 Å². The summed E-state index contributed by atoms with van der Waals surface area (Å²) < 4.78 is 15.2. The van der Waals surface area contributed by atoms with Gasteiger partial charge in [-0.3, -0.25) is 9.59 Å². The summed E-state index contributed by atoms with van der Waals surface area (Å²) in [6, 6.07) is 0. The topological polar surface area (TPSA) is 93.9 Å². The van der Waals surface area contributed by atoms with E-state index in [1.807, 2.05) is 0 Å². The minimum atomic E-state index is -0.301. The van der Waals surface area contributed by atoms with Gasteiger partial charge in [-0.15, -0.1) is 0 Å². The maximum Gasteiger partial charge on any atom is 0.273 e. The number of methoxy groups -OCH3 is 2. The Morgan fingerprint density at radius 1 is 1.26 bits per heavy atom. The molecule has 0 aliphatic rings. The summed E-state index contributed by atoms with van der Waals surface area (Å²) in [7, 11) is 3.23. The van der Waals surface area contributed by atoms with Crippen molar-refractivity contribution in [3.05, 3.63) is 17.8 Å². The fourth-order valence-corrected chi connectivity index (χ4v) is 1.91. The first-order chi connectivity index (χ1) is 11.1. The van der Waals surface area contributed by atoms with Crippen molar-refractivity contribution < 1.29 is 23.5 Å². The van der Waals surface area contributed by atoms with E-state index in [0.29, 0.717) is 32.2 Å². The van der Waals surface area contributed by atoms with Crippen LogP contribution in [0.4, 0.5) is 0 Å². The van der Waals surface area contributed by atoms with Crippen molar-refractivity contribution in [2.24, 2.45) is 0 Å². The molecule has 0 aromatic carbocycles. The van der Waals surface area contributed by atoms with Crippen molar-refractivity contribution in [2.75, 3.05) is 40.5 Å². The quantitative estimate of drug-likeness (QED) is 0.605. The van der Waals surface area contributed by atoms with Crippen molar-refractivity contribution in [1.82, 2.24) is 15.2 Å². The average Bonchev–Trinajstić information content (AvgIpc) is 2.99. The summed E-state index contributed by atoms with van der Waals surface area (Å²) in [4.78, 5) is 29.2. The van der Waals surface area contributed by atoms with Crippen LogP contribution in [0, 0.1) is 0 Å². The highest BCUT2D eigenvalue weighted by Crippen LogP contribution is 2.07. The highest BCUT2D eigenvalue weighted by Gasteiger charge is 2.16. The molecule has 1 aromatic rings. The molecular formula is C15H25N3O5. The van der Waals surface area contributed by atoms with Crippen molar-refractivity contribution in [2.45, 2.75) is 26.3 Å². The summed E-state index contributed by atoms with van der Waals surface area (Å²) in [5.41, 5.74) is 0.206. The van der Waals surface area contributed by atoms with Crippen LogP contribution < -0.4 is 5.32 Å². The lowest BCUT2D eigenvalue weighted by molar-refractivity contribution is -0.129. The van der Waals surface area contributed by atoms with E-state index in [9.17, 15) is 9.59 Å². The largest absolute Gasteiger partial charge is 0.446 e. The zero-order valence-corrected chi connectivity index (χ0v) is 14.0. The Kier molecular flexibility index (Phi) is 8.93. The maximum absolute atomic E-state index is 11.9. The number of aromatic nitrogens is 1. The van der Waals surface area contributed by atoms with E-state index in [2.05, 4.69) is 10.3 Å². The van der Waals surface area contributed by atoms with Gasteiger partial charge < -0.3 is 24.1 Å². The average molecular weight is 327 g/mol. The zero-order valence-electron chi connectivity index (χ0n) is 14.0. The zero-order chi connectivity index (χ0) is 17.1. The normalized spacial score (nSPS) is 10.6. The molecule has 0 aliphatic carbocycles. The first-order valence-corrected chi connectivity index (χ1v) is 7.54. The van der Waals surface area contributed by atoms with E-state index < -0.39 is 0 Å². The first kappa shape index (κ1) is 19.1. The molecule has 1 N–H and O–H groups in total. The molecule has 1 rings (SSSR count). The summed E-state index contributed by atoms with van der Waals surface area (Å²) in [6.07, 6.45) is 2.75. The van der Waals surface area contributed by atoms with E-state index in [1.54, 1.807) is 19.1 Å². The number of oxazole rings is 1. The van der Waals surface area contributed by atoms with Gasteiger partial charge in [-0.25, -0.2) is 4.98 Å². The van der Waals surface area contributed by atoms with Gasteiger partial charge in [0, 0.05) is 47.4 Å². The van der Waals surface area contributed by atoms with Crippen LogP contribution in [0.3, 0.4) is 0 Å². The van der Waals surface area contributed by atoms with E-state index >= 15 is 0 Å². The minimum absolute atomic E-state index is 0.0788. The lowest BCUT2D eigenvalue weighted by Gasteiger charge is -2.18. The standard InChI is InChI=1S/C15H25N3O5/c1-12(19)18(7-5-9-22-3)10-14-17-13(11-23-14)15(20)16-6-4-8-21-2/h11H,4-10H2,1-3H3,(H,16,20). The number of nitrogens with zero attached hydrogens (tertiary/aromatic N) is 2. The third-order valence-corrected chi connectivity index (χ3v) is 3.14. The van der Waals surface area contributed by atoms with Crippen molar-refractivity contribution in [1.29, 1.82) is 0 Å². The van der Waals surface area contributed by atoms with Crippen LogP contribution in [-0.2, 0) is 20.8 Å². The van der Waals surface area contributed by atoms with Gasteiger partial charge in [-0.1, -0.05) is 0 Å². The molecular weight excluding hydrogens is 302 g/mol. The summed E-state index contributed by atoms with van der Waals surface area (Å²) in [5, 5.41) is 2.73. The predicted molar refractivity (Wildman–Crippen MR) is 82.9 cm³/mol. The van der Waals surface area contributed by atoms with Gasteiger partial charge in [0.1, 0.15) is 6.26 Å². The number of carbonyl (C=O) groups excluding carboxylic acids is 2. The molecule has 1 heterocycles. The van der Waals surface area contributed by atoms with Crippen molar-refractivity contribution in [3.8, 4) is 0 Å². The molecule has 130 valence electrons. The monoisotopic (exact) mass is 327 g/mol. The number of amides is 2. The van der Waals surface area contributed by atoms with E-state index in [0.717, 1.165) is 12.8 Å². The summed E-state index contributed by atoms with van der Waals surface area (Å²) in [6.45, 7) is 3.93. The number of hydrogen-bond acceptors (Lipinski definition) is 6. The van der Waals surface area contributed by atoms with Crippen LogP contribution in [0.15, 0.2) is 10.7 Å². The molecule has 2 amide bonds. The Morgan fingerprint density at radius 3 is 2.61 bits per heavy atom. The highest BCUT2D eigenvalue weighted by molar-refractivity contribution is 5.91. The Morgan fingerprint density at radius 2 is 1.96 bits per heavy atom. The molecule has 8 nitrogen and oxygen atoms in total. The number of carbonyl (C=O) groups is 2. The van der Waals surface area contributed by atoms with Gasteiger partial charge in [-0.05, 0) is 12.8 Å². The molecule has 8 heteroatoms. The van der Waals surface area contributed by atoms with Gasteiger partial charge in [-0.2, -0.15) is 0 Å². The molecule has 0 spiro atoms. The molecule has 0 radical (unpaired) electrons. The number of ether oxygens (including phenoxy) is 2. The second-order valence-corrected chi connectivity index (χ2v) is 5.02. The van der Waals surface area contributed by atoms with Gasteiger partial charge in [0.2, 0.25) is 11.8 Å². The molecule has 1 aromatic heterocycles. The fourth-order valence-electron chi connectivity index (χ4n) is 1.91. The van der Waals surface area contributed by atoms with Gasteiger partial charge in [0.25, 0.3) is 5.91 Å². The smallest absolute Gasteiger partial charge is 0.273 e. The van der Waals surface area contributed by atoms with Gasteiger partial charge >= 0.3 is 0 Å². The van der Waals surface area contributed by atoms with E-state index in [1.165, 1.54) is 13.2 Å². The lowest BCUT2D eigenvalue weighted by Crippen LogP contribution is -2.30. The number of rotatable bonds is 11. The summed E-state index contributed by atoms with van der Waals surface area (Å²) in [5.74, 6) is -0.0469. The molecule has 23 heavy (non-hydrogen) atoms. The van der Waals surface area contributed by atoms with E-state index in [4.69, 9.17) is 13.9 Å². The van der Waals surface area contributed by atoms with Crippen LogP contribution in [0.25, 0.3) is 0 Å². The Hall–Kier alpha value is -1.93. The maximum atomic E-state index is 11.9. The highest BCUT2D eigenvalue weighted by atomic mass is 16.5. The predicted octanol–water partition coefficient (Wildman–Crippen LogP) is 0.826. The molecule has 0 saturated carbocycles. The van der Waals surface area contributed by atoms with Crippen molar-refractivity contribution >= 4 is 11.8 Å². The first-order valence-electron chi connectivity index (χ1n) is 7.54. The minimum Gasteiger partial charge on any atom is -0.446 e. The van der Waals surface area contributed by atoms with Gasteiger partial charge in [0.05, 0.1) is 6.54 Å². The lowest BCUT2D eigenvalue weighted by atomic mass is 10.3. The second kappa shape index (κ2) is 10.7. The van der Waals surface area contributed by atoms with Crippen LogP contribution in [0.1, 0.15) is 36.1 Å². The summed E-state index contributed by atoms with van der Waals surface area (Å²) >= 11 is 0. The molecule has 0 aliphatic heterocycles. The molecule has 0 saturated heterocycles. The molecule has 0 unspecified atom stereocenters. The van der Waals surface area contributed by atoms with Crippen LogP contribution in [0.2, 0.25) is 0 Å². The fraction of sp³-hybridized carbons (Fsp3) is 0.667.